The number of oxazole rings is 1. The third kappa shape index (κ3) is 5.71. The Labute approximate surface area is 249 Å². The Bertz CT molecular complexity index is 1820. The van der Waals surface area contributed by atoms with Crippen molar-refractivity contribution >= 4 is 45.8 Å². The number of carbonyl (C=O) groups excluding carboxylic acids is 2. The minimum absolute atomic E-state index is 0.0328. The fourth-order valence-corrected chi connectivity index (χ4v) is 5.32. The van der Waals surface area contributed by atoms with E-state index in [9.17, 15) is 9.59 Å². The average Bonchev–Trinajstić information content (AvgIpc) is 3.74. The van der Waals surface area contributed by atoms with Crippen LogP contribution < -0.4 is 11.1 Å². The highest BCUT2D eigenvalue weighted by Gasteiger charge is 2.30. The van der Waals surface area contributed by atoms with Gasteiger partial charge in [-0.3, -0.25) is 14.9 Å². The normalized spacial score (nSPS) is 15.5. The summed E-state index contributed by atoms with van der Waals surface area (Å²) in [5.74, 6) is -0.278. The first kappa shape index (κ1) is 28.1. The van der Waals surface area contributed by atoms with Crippen molar-refractivity contribution in [3.63, 3.8) is 0 Å². The predicted molar refractivity (Wildman–Crippen MR) is 166 cm³/mol. The van der Waals surface area contributed by atoms with Gasteiger partial charge in [0, 0.05) is 37.9 Å². The first-order chi connectivity index (χ1) is 20.8. The summed E-state index contributed by atoms with van der Waals surface area (Å²) in [4.78, 5) is 43.5. The lowest BCUT2D eigenvalue weighted by molar-refractivity contribution is -0.125. The molecule has 1 unspecified atom stereocenters. The summed E-state index contributed by atoms with van der Waals surface area (Å²) in [6.45, 7) is 6.02. The molecule has 0 radical (unpaired) electrons. The molecule has 0 spiro atoms. The van der Waals surface area contributed by atoms with Gasteiger partial charge >= 0.3 is 6.01 Å². The minimum atomic E-state index is -0.441. The molecule has 2 amide bonds. The van der Waals surface area contributed by atoms with E-state index in [1.807, 2.05) is 71.1 Å². The second-order valence-corrected chi connectivity index (χ2v) is 11.1. The number of nitrogen functional groups attached to an aromatic ring is 1. The smallest absolute Gasteiger partial charge is 0.302 e. The summed E-state index contributed by atoms with van der Waals surface area (Å²) in [6.07, 6.45) is 7.36. The summed E-state index contributed by atoms with van der Waals surface area (Å²) >= 11 is 0. The lowest BCUT2D eigenvalue weighted by Crippen LogP contribution is -2.29. The van der Waals surface area contributed by atoms with Gasteiger partial charge in [-0.15, -0.1) is 0 Å². The molecule has 0 bridgehead atoms. The van der Waals surface area contributed by atoms with Crippen molar-refractivity contribution in [1.82, 2.24) is 29.3 Å². The van der Waals surface area contributed by atoms with Crippen molar-refractivity contribution in [2.24, 2.45) is 0 Å². The molecule has 4 heterocycles. The summed E-state index contributed by atoms with van der Waals surface area (Å²) in [5.41, 5.74) is 10.3. The third-order valence-electron chi connectivity index (χ3n) is 8.00. The minimum Gasteiger partial charge on any atom is -0.423 e. The van der Waals surface area contributed by atoms with Gasteiger partial charge in [0.25, 0.3) is 5.91 Å². The van der Waals surface area contributed by atoms with Crippen LogP contribution in [0.3, 0.4) is 0 Å². The van der Waals surface area contributed by atoms with E-state index in [-0.39, 0.29) is 23.8 Å². The molecule has 0 aliphatic carbocycles. The van der Waals surface area contributed by atoms with E-state index in [0.29, 0.717) is 53.4 Å². The molecular weight excluding hydrogens is 544 g/mol. The van der Waals surface area contributed by atoms with E-state index in [1.54, 1.807) is 12.3 Å². The van der Waals surface area contributed by atoms with Crippen molar-refractivity contribution in [2.45, 2.75) is 32.4 Å². The highest BCUT2D eigenvalue weighted by molar-refractivity contribution is 6.14. The number of anilines is 2. The molecule has 5 aromatic rings. The SMILES string of the molecule is CC(C)N(C)C/C=C/C(=O)N1CCC(n2cc(C(=O)Nc3nc4cc(-c5ccccc5)ccc4o3)c3c(N)ncnc32)C1. The number of fused-ring (bicyclic) bond motifs is 2. The Hall–Kier alpha value is -5.03. The third-order valence-corrected chi connectivity index (χ3v) is 8.00. The Kier molecular flexibility index (Phi) is 7.64. The van der Waals surface area contributed by atoms with Crippen molar-refractivity contribution in [1.29, 1.82) is 0 Å². The van der Waals surface area contributed by atoms with Crippen LogP contribution in [0.1, 0.15) is 36.7 Å². The maximum Gasteiger partial charge on any atom is 0.302 e. The fraction of sp³-hybridized carbons (Fsp3) is 0.281. The maximum atomic E-state index is 13.6. The number of benzene rings is 2. The number of nitrogens with one attached hydrogen (secondary N) is 1. The number of hydrogen-bond acceptors (Lipinski definition) is 8. The summed E-state index contributed by atoms with van der Waals surface area (Å²) in [6, 6.07) is 16.1. The van der Waals surface area contributed by atoms with Crippen LogP contribution in [0.15, 0.2) is 77.6 Å². The number of aromatic nitrogens is 4. The Balaban J connectivity index is 1.22. The van der Waals surface area contributed by atoms with Gasteiger partial charge in [-0.1, -0.05) is 42.5 Å². The Morgan fingerprint density at radius 3 is 2.77 bits per heavy atom. The van der Waals surface area contributed by atoms with E-state index in [2.05, 4.69) is 39.0 Å². The molecule has 1 saturated heterocycles. The molecule has 11 heteroatoms. The molecule has 1 aliphatic heterocycles. The highest BCUT2D eigenvalue weighted by atomic mass is 16.4. The number of likely N-dealkylation sites (tertiary alicyclic amines) is 1. The first-order valence-electron chi connectivity index (χ1n) is 14.3. The van der Waals surface area contributed by atoms with E-state index in [1.165, 1.54) is 6.33 Å². The topological polar surface area (TPSA) is 135 Å². The van der Waals surface area contributed by atoms with Gasteiger partial charge in [-0.25, -0.2) is 9.97 Å². The molecule has 2 aromatic carbocycles. The Morgan fingerprint density at radius 1 is 1.16 bits per heavy atom. The van der Waals surface area contributed by atoms with Crippen LogP contribution in [-0.4, -0.2) is 73.9 Å². The molecular formula is C32H34N8O3. The molecule has 1 fully saturated rings. The van der Waals surface area contributed by atoms with Crippen LogP contribution in [0.2, 0.25) is 0 Å². The number of hydrogen-bond donors (Lipinski definition) is 2. The lowest BCUT2D eigenvalue weighted by atomic mass is 10.1. The Morgan fingerprint density at radius 2 is 1.98 bits per heavy atom. The zero-order valence-electron chi connectivity index (χ0n) is 24.4. The predicted octanol–water partition coefficient (Wildman–Crippen LogP) is 4.74. The molecule has 11 nitrogen and oxygen atoms in total. The van der Waals surface area contributed by atoms with E-state index in [4.69, 9.17) is 10.2 Å². The van der Waals surface area contributed by atoms with Crippen LogP contribution in [0.5, 0.6) is 0 Å². The van der Waals surface area contributed by atoms with Crippen molar-refractivity contribution < 1.29 is 14.0 Å². The van der Waals surface area contributed by atoms with Gasteiger partial charge in [0.15, 0.2) is 5.58 Å². The molecule has 0 saturated carbocycles. The first-order valence-corrected chi connectivity index (χ1v) is 14.3. The summed E-state index contributed by atoms with van der Waals surface area (Å²) in [5, 5.41) is 3.23. The maximum absolute atomic E-state index is 13.6. The number of rotatable bonds is 8. The van der Waals surface area contributed by atoms with Crippen LogP contribution >= 0.6 is 0 Å². The molecule has 6 rings (SSSR count). The molecule has 3 aromatic heterocycles. The van der Waals surface area contributed by atoms with Crippen LogP contribution in [0.25, 0.3) is 33.3 Å². The van der Waals surface area contributed by atoms with Crippen LogP contribution in [0.4, 0.5) is 11.8 Å². The van der Waals surface area contributed by atoms with E-state index in [0.717, 1.165) is 17.5 Å². The molecule has 1 atom stereocenters. The van der Waals surface area contributed by atoms with Gasteiger partial charge < -0.3 is 24.5 Å². The fourth-order valence-electron chi connectivity index (χ4n) is 5.32. The molecule has 43 heavy (non-hydrogen) atoms. The summed E-state index contributed by atoms with van der Waals surface area (Å²) < 4.78 is 7.75. The average molecular weight is 579 g/mol. The van der Waals surface area contributed by atoms with Crippen molar-refractivity contribution in [3.05, 3.63) is 78.8 Å². The second-order valence-electron chi connectivity index (χ2n) is 11.1. The standard InChI is InChI=1S/C32H34N8O3/c1-20(2)38(3)14-7-10-27(41)39-15-13-23(17-39)40-18-24(28-29(33)34-19-35-30(28)40)31(42)37-32-36-25-16-22(11-12-26(25)43-32)21-8-5-4-6-9-21/h4-12,16,18-20,23H,13-15,17H2,1-3H3,(H2,33,34,35)(H,36,37,42)/b10-7+. The van der Waals surface area contributed by atoms with Gasteiger partial charge in [-0.2, -0.15) is 4.98 Å². The highest BCUT2D eigenvalue weighted by Crippen LogP contribution is 2.32. The second kappa shape index (κ2) is 11.7. The number of amides is 2. The zero-order chi connectivity index (χ0) is 30.1. The van der Waals surface area contributed by atoms with Crippen molar-refractivity contribution in [3.8, 4) is 11.1 Å². The molecule has 220 valence electrons. The molecule has 3 N–H and O–H groups in total. The number of nitrogens with two attached hydrogens (primary N) is 1. The molecule has 1 aliphatic rings. The number of likely N-dealkylation sites (N-methyl/N-ethyl adjacent to an activating group) is 1. The van der Waals surface area contributed by atoms with Gasteiger partial charge in [0.1, 0.15) is 23.3 Å². The number of nitrogens with zero attached hydrogens (tertiary/aromatic N) is 6. The zero-order valence-corrected chi connectivity index (χ0v) is 24.4. The van der Waals surface area contributed by atoms with E-state index < -0.39 is 5.91 Å². The largest absolute Gasteiger partial charge is 0.423 e. The van der Waals surface area contributed by atoms with Crippen molar-refractivity contribution in [2.75, 3.05) is 37.7 Å². The quantitative estimate of drug-likeness (QED) is 0.252. The summed E-state index contributed by atoms with van der Waals surface area (Å²) in [7, 11) is 2.02. The number of carbonyl (C=O) groups is 2. The van der Waals surface area contributed by atoms with Gasteiger partial charge in [0.05, 0.1) is 17.0 Å². The monoisotopic (exact) mass is 578 g/mol. The van der Waals surface area contributed by atoms with Gasteiger partial charge in [-0.05, 0) is 50.6 Å². The van der Waals surface area contributed by atoms with E-state index >= 15 is 0 Å². The lowest BCUT2D eigenvalue weighted by Gasteiger charge is -2.19. The van der Waals surface area contributed by atoms with Crippen LogP contribution in [-0.2, 0) is 4.79 Å². The van der Waals surface area contributed by atoms with Crippen LogP contribution in [0, 0.1) is 0 Å². The van der Waals surface area contributed by atoms with Gasteiger partial charge in [0.2, 0.25) is 5.91 Å².